The standard InChI is InChI=1S/C21H30N4O2S.HI/c1-4-22-20(26)16-27-18-9-6-8-17(14-18)15-24-21(23-5-2)25(3)12-11-19-10-7-13-28-19;/h6-10,13-14H,4-5,11-12,15-16H2,1-3H3,(H,22,26)(H,23,24);1H. The molecule has 1 heterocycles. The summed E-state index contributed by atoms with van der Waals surface area (Å²) in [6.45, 7) is 6.84. The molecule has 2 rings (SSSR count). The van der Waals surface area contributed by atoms with Gasteiger partial charge in [0, 0.05) is 31.6 Å². The van der Waals surface area contributed by atoms with Crippen LogP contribution in [0.4, 0.5) is 0 Å². The van der Waals surface area contributed by atoms with E-state index in [0.29, 0.717) is 18.8 Å². The lowest BCUT2D eigenvalue weighted by Gasteiger charge is -2.21. The molecule has 2 aromatic rings. The summed E-state index contributed by atoms with van der Waals surface area (Å²) in [5.74, 6) is 1.44. The maximum Gasteiger partial charge on any atom is 0.257 e. The summed E-state index contributed by atoms with van der Waals surface area (Å²) in [5, 5.41) is 8.17. The first-order valence-electron chi connectivity index (χ1n) is 9.62. The molecule has 0 bridgehead atoms. The van der Waals surface area contributed by atoms with Gasteiger partial charge in [-0.3, -0.25) is 4.79 Å². The molecule has 160 valence electrons. The maximum atomic E-state index is 11.5. The first-order valence-corrected chi connectivity index (χ1v) is 10.5. The first kappa shape index (κ1) is 25.2. The fraction of sp³-hybridized carbons (Fsp3) is 0.429. The number of carbonyl (C=O) groups is 1. The van der Waals surface area contributed by atoms with Crippen molar-refractivity contribution in [3.63, 3.8) is 0 Å². The number of amides is 1. The molecule has 1 amide bonds. The molecule has 0 aliphatic rings. The van der Waals surface area contributed by atoms with Crippen molar-refractivity contribution in [3.8, 4) is 5.75 Å². The van der Waals surface area contributed by atoms with E-state index in [-0.39, 0.29) is 36.5 Å². The van der Waals surface area contributed by atoms with E-state index in [0.717, 1.165) is 31.0 Å². The van der Waals surface area contributed by atoms with Crippen molar-refractivity contribution in [2.24, 2.45) is 4.99 Å². The van der Waals surface area contributed by atoms with Crippen LogP contribution < -0.4 is 15.4 Å². The van der Waals surface area contributed by atoms with E-state index in [1.54, 1.807) is 11.3 Å². The van der Waals surface area contributed by atoms with Crippen LogP contribution in [0.25, 0.3) is 0 Å². The minimum atomic E-state index is -0.118. The molecule has 0 spiro atoms. The van der Waals surface area contributed by atoms with E-state index < -0.39 is 0 Å². The number of hydrogen-bond acceptors (Lipinski definition) is 4. The summed E-state index contributed by atoms with van der Waals surface area (Å²) < 4.78 is 5.56. The van der Waals surface area contributed by atoms with E-state index in [1.165, 1.54) is 4.88 Å². The molecule has 0 atom stereocenters. The van der Waals surface area contributed by atoms with Gasteiger partial charge in [0.15, 0.2) is 12.6 Å². The highest BCUT2D eigenvalue weighted by Crippen LogP contribution is 2.14. The Morgan fingerprint density at radius 1 is 1.17 bits per heavy atom. The number of carbonyl (C=O) groups excluding carboxylic acids is 1. The molecule has 1 aromatic heterocycles. The lowest BCUT2D eigenvalue weighted by Crippen LogP contribution is -2.39. The van der Waals surface area contributed by atoms with Crippen LogP contribution in [0.5, 0.6) is 5.75 Å². The molecule has 0 radical (unpaired) electrons. The first-order chi connectivity index (χ1) is 13.6. The fourth-order valence-corrected chi connectivity index (χ4v) is 3.30. The minimum absolute atomic E-state index is 0. The number of ether oxygens (including phenoxy) is 1. The van der Waals surface area contributed by atoms with Gasteiger partial charge in [0.25, 0.3) is 5.91 Å². The van der Waals surface area contributed by atoms with Crippen molar-refractivity contribution in [2.45, 2.75) is 26.8 Å². The Morgan fingerprint density at radius 2 is 1.97 bits per heavy atom. The minimum Gasteiger partial charge on any atom is -0.484 e. The van der Waals surface area contributed by atoms with Crippen molar-refractivity contribution >= 4 is 47.2 Å². The molecular weight excluding hydrogens is 499 g/mol. The van der Waals surface area contributed by atoms with Gasteiger partial charge in [-0.15, -0.1) is 35.3 Å². The lowest BCUT2D eigenvalue weighted by molar-refractivity contribution is -0.122. The second-order valence-electron chi connectivity index (χ2n) is 6.31. The number of benzene rings is 1. The Morgan fingerprint density at radius 3 is 2.66 bits per heavy atom. The number of rotatable bonds is 10. The summed E-state index contributed by atoms with van der Waals surface area (Å²) >= 11 is 1.78. The average Bonchev–Trinajstić information content (AvgIpc) is 3.22. The summed E-state index contributed by atoms with van der Waals surface area (Å²) in [6.07, 6.45) is 1.00. The van der Waals surface area contributed by atoms with Gasteiger partial charge in [0.05, 0.1) is 6.54 Å². The van der Waals surface area contributed by atoms with Crippen LogP contribution in [0.2, 0.25) is 0 Å². The summed E-state index contributed by atoms with van der Waals surface area (Å²) in [6, 6.07) is 12.0. The molecule has 6 nitrogen and oxygen atoms in total. The fourth-order valence-electron chi connectivity index (χ4n) is 2.61. The molecular formula is C21H31IN4O2S. The predicted octanol–water partition coefficient (Wildman–Crippen LogP) is 3.52. The number of likely N-dealkylation sites (N-methyl/N-ethyl adjacent to an activating group) is 2. The van der Waals surface area contributed by atoms with Crippen molar-refractivity contribution < 1.29 is 9.53 Å². The Labute approximate surface area is 194 Å². The Balaban J connectivity index is 0.00000420. The van der Waals surface area contributed by atoms with Gasteiger partial charge in [-0.2, -0.15) is 0 Å². The quantitative estimate of drug-likeness (QED) is 0.280. The zero-order valence-corrected chi connectivity index (χ0v) is 20.5. The molecule has 8 heteroatoms. The van der Waals surface area contributed by atoms with Gasteiger partial charge in [-0.25, -0.2) is 4.99 Å². The van der Waals surface area contributed by atoms with Crippen molar-refractivity contribution in [1.82, 2.24) is 15.5 Å². The Hall–Kier alpha value is -1.81. The predicted molar refractivity (Wildman–Crippen MR) is 132 cm³/mol. The molecule has 0 saturated heterocycles. The monoisotopic (exact) mass is 530 g/mol. The van der Waals surface area contributed by atoms with Gasteiger partial charge in [0.2, 0.25) is 0 Å². The third kappa shape index (κ3) is 9.49. The van der Waals surface area contributed by atoms with Gasteiger partial charge >= 0.3 is 0 Å². The van der Waals surface area contributed by atoms with Crippen LogP contribution in [0.3, 0.4) is 0 Å². The van der Waals surface area contributed by atoms with Gasteiger partial charge in [-0.1, -0.05) is 18.2 Å². The highest BCUT2D eigenvalue weighted by molar-refractivity contribution is 14.0. The van der Waals surface area contributed by atoms with Crippen LogP contribution in [-0.2, 0) is 17.8 Å². The van der Waals surface area contributed by atoms with Crippen molar-refractivity contribution in [2.75, 3.05) is 33.3 Å². The van der Waals surface area contributed by atoms with E-state index in [4.69, 9.17) is 9.73 Å². The number of halogens is 1. The third-order valence-corrected chi connectivity index (χ3v) is 4.96. The summed E-state index contributed by atoms with van der Waals surface area (Å²) in [4.78, 5) is 19.8. The third-order valence-electron chi connectivity index (χ3n) is 4.02. The number of guanidine groups is 1. The summed E-state index contributed by atoms with van der Waals surface area (Å²) in [7, 11) is 2.06. The Kier molecular flexibility index (Phi) is 12.4. The van der Waals surface area contributed by atoms with E-state index in [9.17, 15) is 4.79 Å². The Bertz CT molecular complexity index is 753. The van der Waals surface area contributed by atoms with Crippen molar-refractivity contribution in [1.29, 1.82) is 0 Å². The van der Waals surface area contributed by atoms with Crippen LogP contribution in [0, 0.1) is 0 Å². The highest BCUT2D eigenvalue weighted by atomic mass is 127. The number of nitrogens with zero attached hydrogens (tertiary/aromatic N) is 2. The van der Waals surface area contributed by atoms with E-state index in [1.807, 2.05) is 31.2 Å². The molecule has 0 fully saturated rings. The van der Waals surface area contributed by atoms with Crippen LogP contribution >= 0.6 is 35.3 Å². The van der Waals surface area contributed by atoms with Crippen LogP contribution in [-0.4, -0.2) is 50.1 Å². The normalized spacial score (nSPS) is 10.8. The largest absolute Gasteiger partial charge is 0.484 e. The highest BCUT2D eigenvalue weighted by Gasteiger charge is 2.07. The molecule has 0 aliphatic heterocycles. The molecule has 0 aliphatic carbocycles. The topological polar surface area (TPSA) is 66.0 Å². The van der Waals surface area contributed by atoms with E-state index >= 15 is 0 Å². The van der Waals surface area contributed by atoms with Gasteiger partial charge in [0.1, 0.15) is 5.75 Å². The smallest absolute Gasteiger partial charge is 0.257 e. The average molecular weight is 530 g/mol. The zero-order valence-electron chi connectivity index (χ0n) is 17.3. The lowest BCUT2D eigenvalue weighted by atomic mass is 10.2. The van der Waals surface area contributed by atoms with Gasteiger partial charge < -0.3 is 20.3 Å². The van der Waals surface area contributed by atoms with Crippen molar-refractivity contribution in [3.05, 3.63) is 52.2 Å². The molecule has 1 aromatic carbocycles. The second kappa shape index (κ2) is 14.2. The molecule has 0 saturated carbocycles. The number of nitrogens with one attached hydrogen (secondary N) is 2. The SMILES string of the molecule is CCNC(=O)COc1cccc(CN=C(NCC)N(C)CCc2cccs2)c1.I. The molecule has 29 heavy (non-hydrogen) atoms. The maximum absolute atomic E-state index is 11.5. The van der Waals surface area contributed by atoms with E-state index in [2.05, 4.69) is 47.0 Å². The van der Waals surface area contributed by atoms with Crippen LogP contribution in [0.15, 0.2) is 46.8 Å². The molecule has 0 unspecified atom stereocenters. The second-order valence-corrected chi connectivity index (χ2v) is 7.34. The molecule has 2 N–H and O–H groups in total. The summed E-state index contributed by atoms with van der Waals surface area (Å²) in [5.41, 5.74) is 1.04. The van der Waals surface area contributed by atoms with Crippen LogP contribution in [0.1, 0.15) is 24.3 Å². The number of thiophene rings is 1. The van der Waals surface area contributed by atoms with Gasteiger partial charge in [-0.05, 0) is 49.4 Å². The zero-order chi connectivity index (χ0) is 20.2. The number of hydrogen-bond donors (Lipinski definition) is 2. The number of aliphatic imine (C=N–C) groups is 1.